The van der Waals surface area contributed by atoms with E-state index in [-0.39, 0.29) is 21.1 Å². The summed E-state index contributed by atoms with van der Waals surface area (Å²) in [6, 6.07) is 21.4. The molecule has 1 aliphatic heterocycles. The average Bonchev–Trinajstić information content (AvgIpc) is 2.90. The Morgan fingerprint density at radius 1 is 0.833 bits per heavy atom. The third-order valence-corrected chi connectivity index (χ3v) is 2.66. The summed E-state index contributed by atoms with van der Waals surface area (Å²) >= 11 is 0. The second-order valence-corrected chi connectivity index (χ2v) is 3.81. The van der Waals surface area contributed by atoms with Gasteiger partial charge in [0.1, 0.15) is 0 Å². The van der Waals surface area contributed by atoms with E-state index in [1.165, 1.54) is 0 Å². The van der Waals surface area contributed by atoms with Crippen LogP contribution in [-0.4, -0.2) is 0 Å². The van der Waals surface area contributed by atoms with Gasteiger partial charge in [-0.05, 0) is 24.5 Å². The number of hydrogen-bond acceptors (Lipinski definition) is 2. The fraction of sp³-hybridized carbons (Fsp3) is 0. The van der Waals surface area contributed by atoms with Crippen molar-refractivity contribution < 1.29 is 21.1 Å². The molecule has 92 valence electrons. The van der Waals surface area contributed by atoms with Crippen LogP contribution in [0.2, 0.25) is 0 Å². The first-order valence-electron chi connectivity index (χ1n) is 5.55. The standard InChI is InChI=1S/C15H12N2.Pt/c1-3-7-14(8-4-1)16-11-12-17(13-16)15-9-5-2-6-10-15;/h1-9,11-13H;/q-2;+2. The van der Waals surface area contributed by atoms with Crippen LogP contribution in [0.25, 0.3) is 0 Å². The first-order valence-corrected chi connectivity index (χ1v) is 5.55. The summed E-state index contributed by atoms with van der Waals surface area (Å²) < 4.78 is 0. The molecule has 0 bridgehead atoms. The molecule has 1 heterocycles. The zero-order chi connectivity index (χ0) is 11.5. The molecule has 0 atom stereocenters. The Hall–Kier alpha value is -1.53. The van der Waals surface area contributed by atoms with E-state index in [0.29, 0.717) is 0 Å². The van der Waals surface area contributed by atoms with Gasteiger partial charge in [-0.15, -0.1) is 12.4 Å². The van der Waals surface area contributed by atoms with E-state index in [1.807, 2.05) is 66.4 Å². The molecule has 0 aromatic heterocycles. The van der Waals surface area contributed by atoms with Gasteiger partial charge < -0.3 is 9.80 Å². The van der Waals surface area contributed by atoms with Crippen molar-refractivity contribution in [2.24, 2.45) is 0 Å². The topological polar surface area (TPSA) is 6.48 Å². The summed E-state index contributed by atoms with van der Waals surface area (Å²) in [5.74, 6) is 0. The molecular formula is C15H12N2Pt. The van der Waals surface area contributed by atoms with Crippen molar-refractivity contribution in [1.82, 2.24) is 0 Å². The van der Waals surface area contributed by atoms with Gasteiger partial charge in [0.25, 0.3) is 0 Å². The number of anilines is 2. The fourth-order valence-electron chi connectivity index (χ4n) is 1.79. The summed E-state index contributed by atoms with van der Waals surface area (Å²) in [7, 11) is 0. The fourth-order valence-corrected chi connectivity index (χ4v) is 1.79. The van der Waals surface area contributed by atoms with Crippen molar-refractivity contribution in [3.63, 3.8) is 0 Å². The van der Waals surface area contributed by atoms with Gasteiger partial charge in [0.05, 0.1) is 0 Å². The molecule has 2 aromatic carbocycles. The molecule has 0 radical (unpaired) electrons. The van der Waals surface area contributed by atoms with Crippen LogP contribution in [0.5, 0.6) is 0 Å². The Morgan fingerprint density at radius 2 is 1.56 bits per heavy atom. The van der Waals surface area contributed by atoms with Gasteiger partial charge in [-0.2, -0.15) is 30.3 Å². The van der Waals surface area contributed by atoms with Gasteiger partial charge in [0.2, 0.25) is 0 Å². The van der Waals surface area contributed by atoms with Crippen molar-refractivity contribution in [2.75, 3.05) is 9.80 Å². The molecule has 2 aromatic rings. The van der Waals surface area contributed by atoms with E-state index >= 15 is 0 Å². The third-order valence-electron chi connectivity index (χ3n) is 2.66. The number of rotatable bonds is 2. The van der Waals surface area contributed by atoms with E-state index in [1.54, 1.807) is 0 Å². The van der Waals surface area contributed by atoms with E-state index in [9.17, 15) is 0 Å². The van der Waals surface area contributed by atoms with Crippen LogP contribution in [0.3, 0.4) is 0 Å². The van der Waals surface area contributed by atoms with Crippen molar-refractivity contribution in [2.45, 2.75) is 0 Å². The number of benzene rings is 2. The molecular weight excluding hydrogens is 403 g/mol. The Bertz CT molecular complexity index is 463. The van der Waals surface area contributed by atoms with Crippen LogP contribution >= 0.6 is 0 Å². The zero-order valence-corrected chi connectivity index (χ0v) is 11.9. The molecule has 3 rings (SSSR count). The van der Waals surface area contributed by atoms with Crippen molar-refractivity contribution in [3.8, 4) is 0 Å². The minimum Gasteiger partial charge on any atom is -0.500 e. The van der Waals surface area contributed by atoms with Crippen LogP contribution in [0.15, 0.2) is 67.0 Å². The SMILES string of the molecule is [Pt+2].[c-]1ccccc1N1C=CN(c2ccccc2)[CH-]1. The maximum absolute atomic E-state index is 3.20. The van der Waals surface area contributed by atoms with Crippen LogP contribution in [-0.2, 0) is 21.1 Å². The molecule has 18 heavy (non-hydrogen) atoms. The molecule has 0 N–H and O–H groups in total. The number of nitrogens with zero attached hydrogens (tertiary/aromatic N) is 2. The maximum Gasteiger partial charge on any atom is 2.00 e. The van der Waals surface area contributed by atoms with Crippen molar-refractivity contribution in [3.05, 3.63) is 79.7 Å². The zero-order valence-electron chi connectivity index (χ0n) is 9.64. The van der Waals surface area contributed by atoms with Crippen LogP contribution < -0.4 is 9.80 Å². The smallest absolute Gasteiger partial charge is 0.500 e. The quantitative estimate of drug-likeness (QED) is 0.694. The summed E-state index contributed by atoms with van der Waals surface area (Å²) in [4.78, 5) is 4.13. The van der Waals surface area contributed by atoms with Gasteiger partial charge in [-0.1, -0.05) is 18.2 Å². The van der Waals surface area contributed by atoms with Crippen LogP contribution in [0.4, 0.5) is 11.4 Å². The average molecular weight is 415 g/mol. The summed E-state index contributed by atoms with van der Waals surface area (Å²) in [5.41, 5.74) is 2.20. The van der Waals surface area contributed by atoms with Gasteiger partial charge in [0, 0.05) is 5.69 Å². The van der Waals surface area contributed by atoms with Gasteiger partial charge in [-0.3, -0.25) is 0 Å². The Kier molecular flexibility index (Phi) is 4.22. The largest absolute Gasteiger partial charge is 2.00 e. The molecule has 0 amide bonds. The predicted molar refractivity (Wildman–Crippen MR) is 70.1 cm³/mol. The minimum atomic E-state index is 0. The maximum atomic E-state index is 3.20. The molecule has 0 saturated carbocycles. The molecule has 0 fully saturated rings. The van der Waals surface area contributed by atoms with E-state index in [4.69, 9.17) is 0 Å². The van der Waals surface area contributed by atoms with Crippen LogP contribution in [0.1, 0.15) is 0 Å². The summed E-state index contributed by atoms with van der Waals surface area (Å²) in [6.45, 7) is 2.04. The Balaban J connectivity index is 0.00000120. The molecule has 0 aliphatic carbocycles. The molecule has 0 spiro atoms. The molecule has 2 nitrogen and oxygen atoms in total. The molecule has 3 heteroatoms. The second-order valence-electron chi connectivity index (χ2n) is 3.81. The third kappa shape index (κ3) is 2.65. The first kappa shape index (κ1) is 12.9. The van der Waals surface area contributed by atoms with E-state index < -0.39 is 0 Å². The molecule has 0 unspecified atom stereocenters. The van der Waals surface area contributed by atoms with Gasteiger partial charge >= 0.3 is 21.1 Å². The molecule has 1 aliphatic rings. The van der Waals surface area contributed by atoms with E-state index in [0.717, 1.165) is 11.4 Å². The normalized spacial score (nSPS) is 13.6. The second kappa shape index (κ2) is 5.88. The van der Waals surface area contributed by atoms with Gasteiger partial charge in [-0.25, -0.2) is 0 Å². The van der Waals surface area contributed by atoms with Gasteiger partial charge in [0.15, 0.2) is 0 Å². The van der Waals surface area contributed by atoms with Crippen molar-refractivity contribution in [1.29, 1.82) is 0 Å². The number of para-hydroxylation sites is 2. The Labute approximate surface area is 122 Å². The first-order chi connectivity index (χ1) is 8.43. The summed E-state index contributed by atoms with van der Waals surface area (Å²) in [6.07, 6.45) is 4.06. The monoisotopic (exact) mass is 415 g/mol. The molecule has 0 saturated heterocycles. The predicted octanol–water partition coefficient (Wildman–Crippen LogP) is 3.40. The van der Waals surface area contributed by atoms with Crippen molar-refractivity contribution >= 4 is 11.4 Å². The van der Waals surface area contributed by atoms with Crippen LogP contribution in [0, 0.1) is 12.7 Å². The Morgan fingerprint density at radius 3 is 2.28 bits per heavy atom. The minimum absolute atomic E-state index is 0. The van der Waals surface area contributed by atoms with E-state index in [2.05, 4.69) is 23.1 Å². The number of hydrogen-bond donors (Lipinski definition) is 0. The summed E-state index contributed by atoms with van der Waals surface area (Å²) in [5, 5.41) is 0.